The summed E-state index contributed by atoms with van der Waals surface area (Å²) in [7, 11) is 0. The van der Waals surface area contributed by atoms with Gasteiger partial charge in [0.1, 0.15) is 18.8 Å². The SMILES string of the molecule is O=C(Nc1ccc(NC(=O)c2cc3c(cc2[N+](=O)[O-])OCCO3)cc1)c1ccco1. The summed E-state index contributed by atoms with van der Waals surface area (Å²) in [6.45, 7) is 0.565. The molecule has 0 spiro atoms. The van der Waals surface area contributed by atoms with Crippen LogP contribution in [0.4, 0.5) is 17.1 Å². The number of nitrogens with one attached hydrogen (secondary N) is 2. The number of anilines is 2. The molecule has 2 heterocycles. The molecule has 2 N–H and O–H groups in total. The maximum Gasteiger partial charge on any atom is 0.291 e. The van der Waals surface area contributed by atoms with Crippen molar-refractivity contribution in [3.63, 3.8) is 0 Å². The molecule has 2 amide bonds. The normalized spacial score (nSPS) is 12.1. The van der Waals surface area contributed by atoms with E-state index in [9.17, 15) is 19.7 Å². The van der Waals surface area contributed by atoms with Crippen LogP contribution in [0.3, 0.4) is 0 Å². The molecule has 3 aromatic rings. The van der Waals surface area contributed by atoms with Gasteiger partial charge in [-0.05, 0) is 36.4 Å². The number of benzene rings is 2. The number of rotatable bonds is 5. The summed E-state index contributed by atoms with van der Waals surface area (Å²) in [5.41, 5.74) is 0.332. The Morgan fingerprint density at radius 3 is 2.07 bits per heavy atom. The standard InChI is InChI=1S/C20H15N3O7/c24-19(14-10-17-18(30-9-8-29-17)11-15(14)23(26)27)21-12-3-5-13(6-4-12)22-20(25)16-2-1-7-28-16/h1-7,10-11H,8-9H2,(H,21,24)(H,22,25). The molecular weight excluding hydrogens is 394 g/mol. The zero-order valence-corrected chi connectivity index (χ0v) is 15.4. The van der Waals surface area contributed by atoms with E-state index < -0.39 is 16.7 Å². The molecule has 1 aromatic heterocycles. The van der Waals surface area contributed by atoms with Crippen LogP contribution in [0.5, 0.6) is 11.5 Å². The zero-order chi connectivity index (χ0) is 21.1. The smallest absolute Gasteiger partial charge is 0.291 e. The number of nitro benzene ring substituents is 1. The van der Waals surface area contributed by atoms with E-state index in [0.29, 0.717) is 11.4 Å². The average molecular weight is 409 g/mol. The number of nitro groups is 1. The third kappa shape index (κ3) is 3.92. The van der Waals surface area contributed by atoms with Gasteiger partial charge in [0.2, 0.25) is 0 Å². The maximum atomic E-state index is 12.6. The predicted octanol–water partition coefficient (Wildman–Crippen LogP) is 3.46. The molecule has 0 radical (unpaired) electrons. The summed E-state index contributed by atoms with van der Waals surface area (Å²) in [6, 6.07) is 11.9. The molecule has 2 aromatic carbocycles. The summed E-state index contributed by atoms with van der Waals surface area (Å²) in [4.78, 5) is 35.4. The summed E-state index contributed by atoms with van der Waals surface area (Å²) in [5, 5.41) is 16.6. The van der Waals surface area contributed by atoms with Crippen molar-refractivity contribution < 1.29 is 28.4 Å². The van der Waals surface area contributed by atoms with Crippen molar-refractivity contribution >= 4 is 28.9 Å². The maximum absolute atomic E-state index is 12.6. The Morgan fingerprint density at radius 2 is 1.50 bits per heavy atom. The molecule has 1 aliphatic heterocycles. The number of fused-ring (bicyclic) bond motifs is 1. The van der Waals surface area contributed by atoms with Gasteiger partial charge in [-0.2, -0.15) is 0 Å². The molecule has 10 heteroatoms. The molecule has 30 heavy (non-hydrogen) atoms. The van der Waals surface area contributed by atoms with Gasteiger partial charge in [-0.3, -0.25) is 19.7 Å². The van der Waals surface area contributed by atoms with Crippen LogP contribution in [-0.2, 0) is 0 Å². The van der Waals surface area contributed by atoms with Gasteiger partial charge in [0.25, 0.3) is 17.5 Å². The number of nitrogens with zero attached hydrogens (tertiary/aromatic N) is 1. The van der Waals surface area contributed by atoms with E-state index in [2.05, 4.69) is 10.6 Å². The lowest BCUT2D eigenvalue weighted by atomic mass is 10.1. The molecule has 4 rings (SSSR count). The minimum absolute atomic E-state index is 0.153. The number of carbonyl (C=O) groups is 2. The van der Waals surface area contributed by atoms with E-state index >= 15 is 0 Å². The van der Waals surface area contributed by atoms with Gasteiger partial charge in [-0.15, -0.1) is 0 Å². The second-order valence-electron chi connectivity index (χ2n) is 6.23. The van der Waals surface area contributed by atoms with Crippen molar-refractivity contribution in [2.45, 2.75) is 0 Å². The number of hydrogen-bond acceptors (Lipinski definition) is 7. The first-order chi connectivity index (χ1) is 14.5. The molecule has 0 saturated carbocycles. The number of ether oxygens (including phenoxy) is 2. The summed E-state index contributed by atoms with van der Waals surface area (Å²) >= 11 is 0. The largest absolute Gasteiger partial charge is 0.486 e. The molecule has 0 saturated heterocycles. The fraction of sp³-hybridized carbons (Fsp3) is 0.100. The van der Waals surface area contributed by atoms with Gasteiger partial charge < -0.3 is 24.5 Å². The van der Waals surface area contributed by atoms with Crippen LogP contribution in [0.15, 0.2) is 59.2 Å². The molecule has 0 unspecified atom stereocenters. The Labute approximate surface area is 169 Å². The fourth-order valence-electron chi connectivity index (χ4n) is 2.85. The van der Waals surface area contributed by atoms with Crippen molar-refractivity contribution in [3.8, 4) is 11.5 Å². The van der Waals surface area contributed by atoms with E-state index in [1.54, 1.807) is 30.3 Å². The third-order valence-electron chi connectivity index (χ3n) is 4.25. The van der Waals surface area contributed by atoms with Crippen LogP contribution in [-0.4, -0.2) is 30.0 Å². The number of hydrogen-bond donors (Lipinski definition) is 2. The minimum atomic E-state index is -0.675. The molecule has 0 aliphatic carbocycles. The van der Waals surface area contributed by atoms with E-state index in [0.717, 1.165) is 0 Å². The van der Waals surface area contributed by atoms with Crippen molar-refractivity contribution in [1.82, 2.24) is 0 Å². The second-order valence-corrected chi connectivity index (χ2v) is 6.23. The van der Waals surface area contributed by atoms with E-state index in [4.69, 9.17) is 13.9 Å². The lowest BCUT2D eigenvalue weighted by Gasteiger charge is -2.18. The van der Waals surface area contributed by atoms with E-state index in [-0.39, 0.29) is 41.7 Å². The fourth-order valence-corrected chi connectivity index (χ4v) is 2.85. The number of amides is 2. The Bertz CT molecular complexity index is 1110. The van der Waals surface area contributed by atoms with Crippen LogP contribution in [0, 0.1) is 10.1 Å². The Kier molecular flexibility index (Phi) is 5.04. The predicted molar refractivity (Wildman–Crippen MR) is 105 cm³/mol. The van der Waals surface area contributed by atoms with Crippen LogP contribution in [0.2, 0.25) is 0 Å². The monoisotopic (exact) mass is 409 g/mol. The van der Waals surface area contributed by atoms with E-state index in [1.807, 2.05) is 0 Å². The Morgan fingerprint density at radius 1 is 0.900 bits per heavy atom. The highest BCUT2D eigenvalue weighted by Crippen LogP contribution is 2.36. The molecule has 1 aliphatic rings. The molecule has 10 nitrogen and oxygen atoms in total. The van der Waals surface area contributed by atoms with Crippen molar-refractivity contribution in [2.24, 2.45) is 0 Å². The molecular formula is C20H15N3O7. The van der Waals surface area contributed by atoms with Crippen LogP contribution >= 0.6 is 0 Å². The number of furan rings is 1. The average Bonchev–Trinajstić information content (AvgIpc) is 3.29. The molecule has 0 atom stereocenters. The molecule has 0 bridgehead atoms. The lowest BCUT2D eigenvalue weighted by molar-refractivity contribution is -0.385. The molecule has 152 valence electrons. The highest BCUT2D eigenvalue weighted by atomic mass is 16.6. The Hall–Kier alpha value is -4.34. The van der Waals surface area contributed by atoms with Gasteiger partial charge in [0.15, 0.2) is 17.3 Å². The van der Waals surface area contributed by atoms with Gasteiger partial charge in [0.05, 0.1) is 17.3 Å². The third-order valence-corrected chi connectivity index (χ3v) is 4.25. The van der Waals surface area contributed by atoms with Gasteiger partial charge >= 0.3 is 0 Å². The first-order valence-electron chi connectivity index (χ1n) is 8.85. The highest BCUT2D eigenvalue weighted by Gasteiger charge is 2.26. The highest BCUT2D eigenvalue weighted by molar-refractivity contribution is 6.08. The summed E-state index contributed by atoms with van der Waals surface area (Å²) < 4.78 is 15.8. The Balaban J connectivity index is 1.50. The second kappa shape index (κ2) is 7.95. The van der Waals surface area contributed by atoms with Crippen LogP contribution < -0.4 is 20.1 Å². The quantitative estimate of drug-likeness (QED) is 0.487. The van der Waals surface area contributed by atoms with E-state index in [1.165, 1.54) is 24.5 Å². The summed E-state index contributed by atoms with van der Waals surface area (Å²) in [5.74, 6) is -0.429. The first-order valence-corrected chi connectivity index (χ1v) is 8.85. The van der Waals surface area contributed by atoms with Gasteiger partial charge in [-0.25, -0.2) is 0 Å². The summed E-state index contributed by atoms with van der Waals surface area (Å²) in [6.07, 6.45) is 1.39. The van der Waals surface area contributed by atoms with Gasteiger partial charge in [-0.1, -0.05) is 0 Å². The number of carbonyl (C=O) groups excluding carboxylic acids is 2. The van der Waals surface area contributed by atoms with Crippen LogP contribution in [0.1, 0.15) is 20.9 Å². The van der Waals surface area contributed by atoms with Crippen LogP contribution in [0.25, 0.3) is 0 Å². The van der Waals surface area contributed by atoms with Crippen molar-refractivity contribution in [3.05, 3.63) is 76.2 Å². The lowest BCUT2D eigenvalue weighted by Crippen LogP contribution is -2.18. The van der Waals surface area contributed by atoms with Crippen molar-refractivity contribution in [1.29, 1.82) is 0 Å². The zero-order valence-electron chi connectivity index (χ0n) is 15.4. The van der Waals surface area contributed by atoms with Gasteiger partial charge in [0, 0.05) is 17.4 Å². The first kappa shape index (κ1) is 19.0. The van der Waals surface area contributed by atoms with Crippen molar-refractivity contribution in [2.75, 3.05) is 23.8 Å². The topological polar surface area (TPSA) is 133 Å². The minimum Gasteiger partial charge on any atom is -0.486 e. The molecule has 0 fully saturated rings.